The Morgan fingerprint density at radius 2 is 1.78 bits per heavy atom. The second kappa shape index (κ2) is 7.09. The van der Waals surface area contributed by atoms with Crippen LogP contribution in [0.2, 0.25) is 0 Å². The van der Waals surface area contributed by atoms with Gasteiger partial charge in [0.25, 0.3) is 0 Å². The van der Waals surface area contributed by atoms with E-state index in [0.717, 1.165) is 56.5 Å². The minimum absolute atomic E-state index is 0.121. The molecule has 4 rings (SSSR count). The number of alkyl halides is 3. The van der Waals surface area contributed by atoms with E-state index in [4.69, 9.17) is 0 Å². The van der Waals surface area contributed by atoms with E-state index in [1.54, 1.807) is 12.1 Å². The van der Waals surface area contributed by atoms with E-state index in [1.807, 2.05) is 9.80 Å². The Balaban J connectivity index is 1.43. The lowest BCUT2D eigenvalue weighted by molar-refractivity contribution is -0.274. The Labute approximate surface area is 156 Å². The maximum Gasteiger partial charge on any atom is 0.573 e. The molecule has 0 unspecified atom stereocenters. The number of allylic oxidation sites excluding steroid dienone is 1. The molecule has 2 atom stereocenters. The van der Waals surface area contributed by atoms with Crippen molar-refractivity contribution in [3.05, 3.63) is 41.6 Å². The normalized spacial score (nSPS) is 25.4. The molecule has 27 heavy (non-hydrogen) atoms. The van der Waals surface area contributed by atoms with Gasteiger partial charge in [0.15, 0.2) is 0 Å². The molecule has 1 aromatic carbocycles. The summed E-state index contributed by atoms with van der Waals surface area (Å²) in [7, 11) is 0. The smallest absolute Gasteiger partial charge is 0.406 e. The summed E-state index contributed by atoms with van der Waals surface area (Å²) in [5.41, 5.74) is 2.05. The molecule has 7 heteroatoms. The van der Waals surface area contributed by atoms with Crippen LogP contribution in [0.5, 0.6) is 5.75 Å². The number of halogens is 3. The molecule has 2 amide bonds. The zero-order chi connectivity index (χ0) is 19.0. The minimum Gasteiger partial charge on any atom is -0.406 e. The van der Waals surface area contributed by atoms with Crippen LogP contribution < -0.4 is 4.74 Å². The molecule has 1 aromatic rings. The summed E-state index contributed by atoms with van der Waals surface area (Å²) in [6, 6.07) is 6.41. The zero-order valence-corrected chi connectivity index (χ0v) is 15.0. The molecule has 0 saturated carbocycles. The van der Waals surface area contributed by atoms with Crippen molar-refractivity contribution in [2.45, 2.75) is 56.8 Å². The van der Waals surface area contributed by atoms with E-state index < -0.39 is 6.36 Å². The number of amides is 2. The molecule has 3 heterocycles. The number of rotatable bonds is 2. The predicted octanol–water partition coefficient (Wildman–Crippen LogP) is 5.03. The third-order valence-electron chi connectivity index (χ3n) is 5.73. The highest BCUT2D eigenvalue weighted by molar-refractivity contribution is 5.78. The number of carbonyl (C=O) groups excluding carboxylic acids is 1. The van der Waals surface area contributed by atoms with Gasteiger partial charge in [0.2, 0.25) is 0 Å². The highest BCUT2D eigenvalue weighted by atomic mass is 19.4. The molecule has 146 valence electrons. The van der Waals surface area contributed by atoms with Crippen LogP contribution in [-0.4, -0.2) is 41.3 Å². The SMILES string of the molecule is O=C(N1CCCCC1)N1C2=CC[C@@H]1C[C@H](c1ccc(OC(F)(F)F)cc1)C2. The number of benzene rings is 1. The summed E-state index contributed by atoms with van der Waals surface area (Å²) < 4.78 is 40.9. The summed E-state index contributed by atoms with van der Waals surface area (Å²) >= 11 is 0. The topological polar surface area (TPSA) is 32.8 Å². The maximum absolute atomic E-state index is 12.9. The highest BCUT2D eigenvalue weighted by Crippen LogP contribution is 2.43. The Morgan fingerprint density at radius 1 is 1.07 bits per heavy atom. The van der Waals surface area contributed by atoms with Crippen LogP contribution >= 0.6 is 0 Å². The van der Waals surface area contributed by atoms with Gasteiger partial charge >= 0.3 is 12.4 Å². The summed E-state index contributed by atoms with van der Waals surface area (Å²) in [4.78, 5) is 16.8. The third kappa shape index (κ3) is 3.92. The van der Waals surface area contributed by atoms with Gasteiger partial charge in [-0.3, -0.25) is 4.90 Å². The molecule has 0 aliphatic carbocycles. The van der Waals surface area contributed by atoms with Gasteiger partial charge in [-0.15, -0.1) is 13.2 Å². The molecule has 2 fully saturated rings. The van der Waals surface area contributed by atoms with Crippen molar-refractivity contribution in [2.24, 2.45) is 0 Å². The lowest BCUT2D eigenvalue weighted by atomic mass is 9.86. The second-order valence-corrected chi connectivity index (χ2v) is 7.54. The van der Waals surface area contributed by atoms with Crippen molar-refractivity contribution in [3.8, 4) is 5.75 Å². The Kier molecular flexibility index (Phi) is 4.78. The quantitative estimate of drug-likeness (QED) is 0.721. The van der Waals surface area contributed by atoms with Gasteiger partial charge in [0.1, 0.15) is 5.75 Å². The number of nitrogens with zero attached hydrogens (tertiary/aromatic N) is 2. The zero-order valence-electron chi connectivity index (χ0n) is 15.0. The van der Waals surface area contributed by atoms with Crippen molar-refractivity contribution in [3.63, 3.8) is 0 Å². The van der Waals surface area contributed by atoms with Crippen LogP contribution in [0.4, 0.5) is 18.0 Å². The van der Waals surface area contributed by atoms with E-state index in [0.29, 0.717) is 0 Å². The van der Waals surface area contributed by atoms with Gasteiger partial charge in [-0.25, -0.2) is 4.79 Å². The molecule has 0 spiro atoms. The minimum atomic E-state index is -4.68. The van der Waals surface area contributed by atoms with E-state index >= 15 is 0 Å². The van der Waals surface area contributed by atoms with Crippen LogP contribution in [0.3, 0.4) is 0 Å². The van der Waals surface area contributed by atoms with Crippen molar-refractivity contribution in [2.75, 3.05) is 13.1 Å². The first kappa shape index (κ1) is 18.2. The van der Waals surface area contributed by atoms with Crippen molar-refractivity contribution < 1.29 is 22.7 Å². The largest absolute Gasteiger partial charge is 0.573 e. The monoisotopic (exact) mass is 380 g/mol. The van der Waals surface area contributed by atoms with Crippen molar-refractivity contribution in [1.29, 1.82) is 0 Å². The Hall–Kier alpha value is -2.18. The van der Waals surface area contributed by atoms with Crippen molar-refractivity contribution >= 4 is 6.03 Å². The number of urea groups is 1. The molecular weight excluding hydrogens is 357 g/mol. The second-order valence-electron chi connectivity index (χ2n) is 7.54. The Morgan fingerprint density at radius 3 is 2.41 bits per heavy atom. The number of carbonyl (C=O) groups is 1. The fourth-order valence-electron chi connectivity index (χ4n) is 4.47. The first-order valence-electron chi connectivity index (χ1n) is 9.53. The van der Waals surface area contributed by atoms with Gasteiger partial charge in [-0.05, 0) is 62.1 Å². The lowest BCUT2D eigenvalue weighted by Gasteiger charge is -2.40. The van der Waals surface area contributed by atoms with Gasteiger partial charge < -0.3 is 9.64 Å². The number of piperidine rings is 2. The average Bonchev–Trinajstić information content (AvgIpc) is 2.90. The van der Waals surface area contributed by atoms with E-state index in [2.05, 4.69) is 10.8 Å². The molecule has 3 aliphatic heterocycles. The maximum atomic E-state index is 12.9. The molecule has 3 aliphatic rings. The summed E-state index contributed by atoms with van der Waals surface area (Å²) in [5.74, 6) is 0.0141. The predicted molar refractivity (Wildman–Crippen MR) is 94.2 cm³/mol. The standard InChI is InChI=1S/C20H23F3N2O2/c21-20(22,23)27-18-8-4-14(5-9-18)15-12-16-6-7-17(13-15)25(16)19(26)24-10-2-1-3-11-24/h4-6,8-9,15,17H,1-3,7,10-13H2/t15-,17-/m1/s1. The first-order chi connectivity index (χ1) is 12.9. The van der Waals surface area contributed by atoms with Crippen LogP contribution in [0.25, 0.3) is 0 Å². The summed E-state index contributed by atoms with van der Waals surface area (Å²) in [6.07, 6.45) is 3.23. The molecule has 4 nitrogen and oxygen atoms in total. The molecule has 2 saturated heterocycles. The van der Waals surface area contributed by atoms with Crippen LogP contribution in [0.1, 0.15) is 50.0 Å². The van der Waals surface area contributed by atoms with Gasteiger partial charge in [0, 0.05) is 24.8 Å². The average molecular weight is 380 g/mol. The first-order valence-corrected chi connectivity index (χ1v) is 9.53. The van der Waals surface area contributed by atoms with Crippen LogP contribution in [-0.2, 0) is 0 Å². The van der Waals surface area contributed by atoms with Gasteiger partial charge in [0.05, 0.1) is 0 Å². The third-order valence-corrected chi connectivity index (χ3v) is 5.73. The number of fused-ring (bicyclic) bond motifs is 2. The molecule has 0 N–H and O–H groups in total. The summed E-state index contributed by atoms with van der Waals surface area (Å²) in [5, 5.41) is 0. The summed E-state index contributed by atoms with van der Waals surface area (Å²) in [6.45, 7) is 1.67. The fraction of sp³-hybridized carbons (Fsp3) is 0.550. The number of ether oxygens (including phenoxy) is 1. The molecular formula is C20H23F3N2O2. The van der Waals surface area contributed by atoms with Crippen molar-refractivity contribution in [1.82, 2.24) is 9.80 Å². The van der Waals surface area contributed by atoms with E-state index in [-0.39, 0.29) is 23.7 Å². The lowest BCUT2D eigenvalue weighted by Crippen LogP contribution is -2.49. The van der Waals surface area contributed by atoms with Gasteiger partial charge in [-0.1, -0.05) is 18.2 Å². The van der Waals surface area contributed by atoms with Crippen LogP contribution in [0.15, 0.2) is 36.0 Å². The number of hydrogen-bond acceptors (Lipinski definition) is 2. The molecule has 2 bridgehead atoms. The van der Waals surface area contributed by atoms with Gasteiger partial charge in [-0.2, -0.15) is 0 Å². The van der Waals surface area contributed by atoms with Crippen LogP contribution in [0, 0.1) is 0 Å². The fourth-order valence-corrected chi connectivity index (χ4v) is 4.47. The molecule has 0 radical (unpaired) electrons. The molecule has 0 aromatic heterocycles. The Bertz CT molecular complexity index is 724. The number of likely N-dealkylation sites (tertiary alicyclic amines) is 1. The highest BCUT2D eigenvalue weighted by Gasteiger charge is 2.40. The number of hydrogen-bond donors (Lipinski definition) is 0. The van der Waals surface area contributed by atoms with E-state index in [9.17, 15) is 18.0 Å². The van der Waals surface area contributed by atoms with E-state index in [1.165, 1.54) is 18.6 Å².